The maximum atomic E-state index is 13.5. The summed E-state index contributed by atoms with van der Waals surface area (Å²) in [6.07, 6.45) is -0.636. The van der Waals surface area contributed by atoms with Gasteiger partial charge in [0.25, 0.3) is 0 Å². The summed E-state index contributed by atoms with van der Waals surface area (Å²) in [6.45, 7) is 0.678. The van der Waals surface area contributed by atoms with Crippen LogP contribution in [0.4, 0.5) is 5.69 Å². The fraction of sp³-hybridized carbons (Fsp3) is 0.240. The number of hydrogen-bond acceptors (Lipinski definition) is 6. The van der Waals surface area contributed by atoms with Crippen molar-refractivity contribution in [3.63, 3.8) is 0 Å². The highest BCUT2D eigenvalue weighted by Gasteiger charge is 2.65. The Morgan fingerprint density at radius 2 is 1.88 bits per heavy atom. The van der Waals surface area contributed by atoms with Gasteiger partial charge in [0, 0.05) is 22.7 Å². The van der Waals surface area contributed by atoms with Crippen molar-refractivity contribution < 1.29 is 23.7 Å². The first-order chi connectivity index (χ1) is 15.6. The van der Waals surface area contributed by atoms with E-state index in [-0.39, 0.29) is 12.7 Å². The number of rotatable bonds is 6. The Bertz CT molecular complexity index is 1170. The van der Waals surface area contributed by atoms with Crippen molar-refractivity contribution in [1.29, 1.82) is 0 Å². The van der Waals surface area contributed by atoms with Gasteiger partial charge in [0.2, 0.25) is 0 Å². The van der Waals surface area contributed by atoms with E-state index in [1.165, 1.54) is 7.11 Å². The average molecular weight is 496 g/mol. The molecule has 7 heteroatoms. The van der Waals surface area contributed by atoms with Crippen LogP contribution in [0, 0.1) is 0 Å². The van der Waals surface area contributed by atoms with Crippen LogP contribution < -0.4 is 14.4 Å². The van der Waals surface area contributed by atoms with Crippen LogP contribution in [-0.4, -0.2) is 33.1 Å². The minimum atomic E-state index is -1.16. The van der Waals surface area contributed by atoms with Crippen molar-refractivity contribution in [3.8, 4) is 11.5 Å². The summed E-state index contributed by atoms with van der Waals surface area (Å²) < 4.78 is 24.1. The van der Waals surface area contributed by atoms with Gasteiger partial charge in [-0.3, -0.25) is 4.79 Å². The number of para-hydroxylation sites is 1. The molecule has 2 aliphatic heterocycles. The number of carbonyl (C=O) groups excluding carboxylic acids is 1. The molecule has 6 nitrogen and oxygen atoms in total. The second kappa shape index (κ2) is 8.15. The Kier molecular flexibility index (Phi) is 5.31. The molecule has 0 spiro atoms. The van der Waals surface area contributed by atoms with Gasteiger partial charge in [-0.05, 0) is 45.8 Å². The van der Waals surface area contributed by atoms with Crippen LogP contribution in [-0.2, 0) is 26.3 Å². The molecule has 0 unspecified atom stereocenters. The predicted molar refractivity (Wildman–Crippen MR) is 123 cm³/mol. The average Bonchev–Trinajstić information content (AvgIpc) is 3.30. The van der Waals surface area contributed by atoms with Crippen LogP contribution in [0.15, 0.2) is 71.2 Å². The Morgan fingerprint density at radius 3 is 2.62 bits per heavy atom. The second-order valence-electron chi connectivity index (χ2n) is 7.73. The monoisotopic (exact) mass is 495 g/mol. The molecule has 32 heavy (non-hydrogen) atoms. The third-order valence-electron chi connectivity index (χ3n) is 5.99. The minimum absolute atomic E-state index is 0.254. The molecule has 0 fully saturated rings. The van der Waals surface area contributed by atoms with E-state index >= 15 is 0 Å². The number of anilines is 1. The summed E-state index contributed by atoms with van der Waals surface area (Å²) in [5, 5.41) is 0. The van der Waals surface area contributed by atoms with Gasteiger partial charge in [-0.25, -0.2) is 0 Å². The number of carbonyl (C=O) groups is 1. The molecule has 0 aliphatic carbocycles. The zero-order chi connectivity index (χ0) is 22.3. The van der Waals surface area contributed by atoms with E-state index in [4.69, 9.17) is 18.9 Å². The molecule has 0 saturated carbocycles. The maximum absolute atomic E-state index is 13.5. The third-order valence-corrected chi connectivity index (χ3v) is 6.63. The summed E-state index contributed by atoms with van der Waals surface area (Å²) in [6, 6.07) is 21.3. The summed E-state index contributed by atoms with van der Waals surface area (Å²) in [4.78, 5) is 15.4. The van der Waals surface area contributed by atoms with Crippen molar-refractivity contribution in [2.45, 2.75) is 18.2 Å². The molecule has 0 amide bonds. The summed E-state index contributed by atoms with van der Waals surface area (Å²) in [5.41, 5.74) is 2.28. The van der Waals surface area contributed by atoms with Gasteiger partial charge in [-0.2, -0.15) is 0 Å². The van der Waals surface area contributed by atoms with Crippen molar-refractivity contribution in [1.82, 2.24) is 0 Å². The molecule has 2 aliphatic rings. The van der Waals surface area contributed by atoms with E-state index in [1.807, 2.05) is 71.6 Å². The van der Waals surface area contributed by atoms with E-state index in [9.17, 15) is 4.79 Å². The lowest BCUT2D eigenvalue weighted by Crippen LogP contribution is -2.51. The Balaban J connectivity index is 1.63. The fourth-order valence-electron chi connectivity index (χ4n) is 4.66. The smallest absolute Gasteiger partial charge is 0.326 e. The summed E-state index contributed by atoms with van der Waals surface area (Å²) in [7, 11) is 3.02. The van der Waals surface area contributed by atoms with E-state index in [2.05, 4.69) is 15.9 Å². The van der Waals surface area contributed by atoms with Gasteiger partial charge in [0.1, 0.15) is 24.8 Å². The lowest BCUT2D eigenvalue weighted by atomic mass is 9.75. The minimum Gasteiger partial charge on any atom is -0.489 e. The van der Waals surface area contributed by atoms with Gasteiger partial charge >= 0.3 is 5.97 Å². The van der Waals surface area contributed by atoms with Crippen molar-refractivity contribution in [2.75, 3.05) is 25.9 Å². The number of benzene rings is 3. The normalized spacial score (nSPS) is 20.2. The highest BCUT2D eigenvalue weighted by atomic mass is 79.9. The largest absolute Gasteiger partial charge is 0.489 e. The van der Waals surface area contributed by atoms with Gasteiger partial charge in [0.05, 0.1) is 12.8 Å². The molecule has 164 valence electrons. The molecule has 2 heterocycles. The molecule has 0 saturated heterocycles. The molecule has 0 N–H and O–H groups in total. The molecular formula is C25H22BrNO5. The Labute approximate surface area is 194 Å². The van der Waals surface area contributed by atoms with Gasteiger partial charge in [-0.1, -0.05) is 42.5 Å². The molecule has 0 aromatic heterocycles. The molecule has 3 aromatic rings. The third kappa shape index (κ3) is 2.99. The zero-order valence-electron chi connectivity index (χ0n) is 17.7. The number of halogens is 1. The maximum Gasteiger partial charge on any atom is 0.326 e. The molecule has 2 atom stereocenters. The van der Waals surface area contributed by atoms with Crippen LogP contribution in [0.3, 0.4) is 0 Å². The van der Waals surface area contributed by atoms with Gasteiger partial charge < -0.3 is 23.8 Å². The van der Waals surface area contributed by atoms with Crippen molar-refractivity contribution >= 4 is 27.6 Å². The fourth-order valence-corrected chi connectivity index (χ4v) is 5.26. The van der Waals surface area contributed by atoms with Crippen molar-refractivity contribution in [3.05, 3.63) is 87.9 Å². The van der Waals surface area contributed by atoms with Crippen LogP contribution >= 0.6 is 15.9 Å². The standard InChI is InChI=1S/C25H22BrNO5/c1-29-15-27-22-18(9-6-10-20(22)26)25(24(28)30-2)19-13-17(11-12-21(19)32-23(25)27)31-14-16-7-4-3-5-8-16/h3-13,23H,14-15H2,1-2H3/t23-,25-/m1/s1. The molecular weight excluding hydrogens is 474 g/mol. The van der Waals surface area contributed by atoms with E-state index in [1.54, 1.807) is 7.11 Å². The molecule has 0 radical (unpaired) electrons. The van der Waals surface area contributed by atoms with Crippen LogP contribution in [0.1, 0.15) is 16.7 Å². The topological polar surface area (TPSA) is 57.2 Å². The lowest BCUT2D eigenvalue weighted by molar-refractivity contribution is -0.147. The van der Waals surface area contributed by atoms with Crippen LogP contribution in [0.2, 0.25) is 0 Å². The van der Waals surface area contributed by atoms with E-state index in [0.717, 1.165) is 26.9 Å². The van der Waals surface area contributed by atoms with Gasteiger partial charge in [0.15, 0.2) is 11.6 Å². The number of methoxy groups -OCH3 is 2. The Morgan fingerprint density at radius 1 is 1.06 bits per heavy atom. The Hall–Kier alpha value is -3.03. The number of esters is 1. The number of ether oxygens (including phenoxy) is 4. The molecule has 5 rings (SSSR count). The second-order valence-corrected chi connectivity index (χ2v) is 8.58. The van der Waals surface area contributed by atoms with Crippen molar-refractivity contribution in [2.24, 2.45) is 0 Å². The summed E-state index contributed by atoms with van der Waals surface area (Å²) >= 11 is 3.64. The molecule has 0 bridgehead atoms. The van der Waals surface area contributed by atoms with E-state index < -0.39 is 11.6 Å². The summed E-state index contributed by atoms with van der Waals surface area (Å²) in [5.74, 6) is 0.889. The number of nitrogens with zero attached hydrogens (tertiary/aromatic N) is 1. The van der Waals surface area contributed by atoms with E-state index in [0.29, 0.717) is 18.1 Å². The first-order valence-electron chi connectivity index (χ1n) is 10.2. The zero-order valence-corrected chi connectivity index (χ0v) is 19.3. The highest BCUT2D eigenvalue weighted by molar-refractivity contribution is 9.10. The van der Waals surface area contributed by atoms with Crippen LogP contribution in [0.5, 0.6) is 11.5 Å². The predicted octanol–water partition coefficient (Wildman–Crippen LogP) is 4.63. The number of hydrogen-bond donors (Lipinski definition) is 0. The van der Waals surface area contributed by atoms with Gasteiger partial charge in [-0.15, -0.1) is 0 Å². The first-order valence-corrected chi connectivity index (χ1v) is 11.0. The SMILES string of the molecule is COCN1c2c(Br)cccc2[C@@]2(C(=O)OC)c3cc(OCc4ccccc4)ccc3O[C@@H]12. The lowest BCUT2D eigenvalue weighted by Gasteiger charge is -2.30. The first kappa shape index (κ1) is 20.8. The molecule has 3 aromatic carbocycles. The van der Waals surface area contributed by atoms with Crippen LogP contribution in [0.25, 0.3) is 0 Å². The number of fused-ring (bicyclic) bond motifs is 5. The quantitative estimate of drug-likeness (QED) is 0.464. The highest BCUT2D eigenvalue weighted by Crippen LogP contribution is 2.58.